The monoisotopic (exact) mass is 196 g/mol. The van der Waals surface area contributed by atoms with Crippen molar-refractivity contribution in [1.29, 1.82) is 0 Å². The fourth-order valence-electron chi connectivity index (χ4n) is 1.82. The Bertz CT molecular complexity index is 387. The Hall–Kier alpha value is -1.25. The molecule has 2 atom stereocenters. The average Bonchev–Trinajstić information content (AvgIpc) is 2.15. The Morgan fingerprint density at radius 3 is 2.57 bits per heavy atom. The van der Waals surface area contributed by atoms with Crippen LogP contribution in [-0.4, -0.2) is 5.78 Å². The second-order valence-corrected chi connectivity index (χ2v) is 3.73. The number of ketones is 1. The molecule has 1 fully saturated rings. The molecule has 0 bridgehead atoms. The van der Waals surface area contributed by atoms with E-state index in [1.807, 2.05) is 0 Å². The van der Waals surface area contributed by atoms with Crippen LogP contribution in [0.15, 0.2) is 18.2 Å². The Morgan fingerprint density at radius 1 is 1.36 bits per heavy atom. The van der Waals surface area contributed by atoms with Crippen LogP contribution in [0.3, 0.4) is 0 Å². The van der Waals surface area contributed by atoms with Gasteiger partial charge < -0.3 is 0 Å². The zero-order valence-corrected chi connectivity index (χ0v) is 7.76. The summed E-state index contributed by atoms with van der Waals surface area (Å²) < 4.78 is 25.9. The molecule has 1 nitrogen and oxygen atoms in total. The van der Waals surface area contributed by atoms with Crippen molar-refractivity contribution in [1.82, 2.24) is 0 Å². The number of hydrogen-bond donors (Lipinski definition) is 0. The van der Waals surface area contributed by atoms with Gasteiger partial charge in [0.15, 0.2) is 0 Å². The topological polar surface area (TPSA) is 17.1 Å². The summed E-state index contributed by atoms with van der Waals surface area (Å²) in [7, 11) is 0. The maximum Gasteiger partial charge on any atom is 0.136 e. The van der Waals surface area contributed by atoms with Crippen LogP contribution in [0.4, 0.5) is 8.78 Å². The standard InChI is InChI=1S/C11H10F2O/c1-6-9(5-11(6)14)8-3-2-7(12)4-10(8)13/h2-4,6,9H,5H2,1H3. The van der Waals surface area contributed by atoms with Gasteiger partial charge in [0.25, 0.3) is 0 Å². The molecule has 1 aromatic carbocycles. The van der Waals surface area contributed by atoms with Gasteiger partial charge in [-0.25, -0.2) is 8.78 Å². The molecule has 0 saturated heterocycles. The molecule has 0 N–H and O–H groups in total. The molecule has 1 aromatic rings. The largest absolute Gasteiger partial charge is 0.299 e. The van der Waals surface area contributed by atoms with Gasteiger partial charge in [-0.2, -0.15) is 0 Å². The van der Waals surface area contributed by atoms with E-state index < -0.39 is 11.6 Å². The van der Waals surface area contributed by atoms with Gasteiger partial charge >= 0.3 is 0 Å². The van der Waals surface area contributed by atoms with Gasteiger partial charge in [0.05, 0.1) is 0 Å². The summed E-state index contributed by atoms with van der Waals surface area (Å²) in [6.45, 7) is 1.78. The Labute approximate surface area is 80.7 Å². The molecular weight excluding hydrogens is 186 g/mol. The summed E-state index contributed by atoms with van der Waals surface area (Å²) in [6, 6.07) is 3.52. The Kier molecular flexibility index (Phi) is 2.10. The lowest BCUT2D eigenvalue weighted by molar-refractivity contribution is -0.130. The van der Waals surface area contributed by atoms with E-state index in [0.717, 1.165) is 6.07 Å². The summed E-state index contributed by atoms with van der Waals surface area (Å²) >= 11 is 0. The van der Waals surface area contributed by atoms with Crippen LogP contribution in [0.1, 0.15) is 24.8 Å². The quantitative estimate of drug-likeness (QED) is 0.674. The Morgan fingerprint density at radius 2 is 2.07 bits per heavy atom. The lowest BCUT2D eigenvalue weighted by Gasteiger charge is -2.32. The van der Waals surface area contributed by atoms with Crippen LogP contribution in [0.5, 0.6) is 0 Å². The van der Waals surface area contributed by atoms with Gasteiger partial charge in [0, 0.05) is 24.3 Å². The maximum absolute atomic E-state index is 13.3. The van der Waals surface area contributed by atoms with Crippen molar-refractivity contribution < 1.29 is 13.6 Å². The lowest BCUT2D eigenvalue weighted by Crippen LogP contribution is -2.33. The molecule has 0 spiro atoms. The van der Waals surface area contributed by atoms with Gasteiger partial charge in [-0.05, 0) is 11.6 Å². The first kappa shape index (κ1) is 9.31. The summed E-state index contributed by atoms with van der Waals surface area (Å²) in [5.41, 5.74) is 0.457. The predicted molar refractivity (Wildman–Crippen MR) is 47.9 cm³/mol. The second-order valence-electron chi connectivity index (χ2n) is 3.73. The van der Waals surface area contributed by atoms with Crippen molar-refractivity contribution in [2.75, 3.05) is 0 Å². The normalized spacial score (nSPS) is 26.1. The molecule has 74 valence electrons. The molecule has 0 aliphatic heterocycles. The SMILES string of the molecule is CC1C(=O)CC1c1ccc(F)cc1F. The highest BCUT2D eigenvalue weighted by Gasteiger charge is 2.38. The van der Waals surface area contributed by atoms with Crippen molar-refractivity contribution in [3.05, 3.63) is 35.4 Å². The van der Waals surface area contributed by atoms with E-state index in [1.54, 1.807) is 6.92 Å². The average molecular weight is 196 g/mol. The molecular formula is C11H10F2O. The highest BCUT2D eigenvalue weighted by atomic mass is 19.1. The number of carbonyl (C=O) groups is 1. The zero-order valence-electron chi connectivity index (χ0n) is 7.76. The first-order valence-corrected chi connectivity index (χ1v) is 4.57. The van der Waals surface area contributed by atoms with Gasteiger partial charge in [-0.3, -0.25) is 4.79 Å². The van der Waals surface area contributed by atoms with Crippen molar-refractivity contribution in [2.24, 2.45) is 5.92 Å². The first-order chi connectivity index (χ1) is 6.59. The van der Waals surface area contributed by atoms with E-state index in [4.69, 9.17) is 0 Å². The summed E-state index contributed by atoms with van der Waals surface area (Å²) in [5.74, 6) is -1.17. The molecule has 0 aromatic heterocycles. The minimum absolute atomic E-state index is 0.0666. The van der Waals surface area contributed by atoms with E-state index in [1.165, 1.54) is 12.1 Å². The summed E-state index contributed by atoms with van der Waals surface area (Å²) in [5, 5.41) is 0. The van der Waals surface area contributed by atoms with E-state index in [9.17, 15) is 13.6 Å². The molecule has 1 aliphatic rings. The smallest absolute Gasteiger partial charge is 0.136 e. The van der Waals surface area contributed by atoms with Gasteiger partial charge in [-0.1, -0.05) is 13.0 Å². The summed E-state index contributed by atoms with van der Waals surface area (Å²) in [6.07, 6.45) is 0.379. The fourth-order valence-corrected chi connectivity index (χ4v) is 1.82. The van der Waals surface area contributed by atoms with E-state index in [-0.39, 0.29) is 17.6 Å². The van der Waals surface area contributed by atoms with Gasteiger partial charge in [0.2, 0.25) is 0 Å². The molecule has 2 unspecified atom stereocenters. The first-order valence-electron chi connectivity index (χ1n) is 4.57. The molecule has 2 rings (SSSR count). The zero-order chi connectivity index (χ0) is 10.3. The van der Waals surface area contributed by atoms with Crippen LogP contribution < -0.4 is 0 Å². The third-order valence-corrected chi connectivity index (χ3v) is 2.89. The highest BCUT2D eigenvalue weighted by molar-refractivity contribution is 5.88. The third-order valence-electron chi connectivity index (χ3n) is 2.89. The number of hydrogen-bond acceptors (Lipinski definition) is 1. The predicted octanol–water partition coefficient (Wildman–Crippen LogP) is 2.66. The van der Waals surface area contributed by atoms with Crippen molar-refractivity contribution >= 4 is 5.78 Å². The van der Waals surface area contributed by atoms with Gasteiger partial charge in [-0.15, -0.1) is 0 Å². The maximum atomic E-state index is 13.3. The number of Topliss-reactive ketones (excluding diaryl/α,β-unsaturated/α-hetero) is 1. The van der Waals surface area contributed by atoms with E-state index >= 15 is 0 Å². The van der Waals surface area contributed by atoms with Crippen molar-refractivity contribution in [3.8, 4) is 0 Å². The van der Waals surface area contributed by atoms with Crippen molar-refractivity contribution in [3.63, 3.8) is 0 Å². The minimum Gasteiger partial charge on any atom is -0.299 e. The number of benzene rings is 1. The van der Waals surface area contributed by atoms with E-state index in [0.29, 0.717) is 12.0 Å². The molecule has 0 heterocycles. The molecule has 14 heavy (non-hydrogen) atoms. The van der Waals surface area contributed by atoms with Gasteiger partial charge in [0.1, 0.15) is 17.4 Å². The van der Waals surface area contributed by atoms with E-state index in [2.05, 4.69) is 0 Å². The minimum atomic E-state index is -0.579. The van der Waals surface area contributed by atoms with Crippen LogP contribution in [0.2, 0.25) is 0 Å². The Balaban J connectivity index is 2.30. The molecule has 1 aliphatic carbocycles. The molecule has 0 amide bonds. The fraction of sp³-hybridized carbons (Fsp3) is 0.364. The molecule has 1 saturated carbocycles. The number of carbonyl (C=O) groups excluding carboxylic acids is 1. The van der Waals surface area contributed by atoms with Crippen LogP contribution in [0, 0.1) is 17.6 Å². The number of halogens is 2. The third kappa shape index (κ3) is 1.33. The van der Waals surface area contributed by atoms with Crippen LogP contribution >= 0.6 is 0 Å². The lowest BCUT2D eigenvalue weighted by atomic mass is 9.70. The van der Waals surface area contributed by atoms with Crippen molar-refractivity contribution in [2.45, 2.75) is 19.3 Å². The second kappa shape index (κ2) is 3.15. The van der Waals surface area contributed by atoms with Crippen LogP contribution in [-0.2, 0) is 4.79 Å². The molecule has 0 radical (unpaired) electrons. The molecule has 3 heteroatoms. The van der Waals surface area contributed by atoms with Crippen LogP contribution in [0.25, 0.3) is 0 Å². The number of rotatable bonds is 1. The highest BCUT2D eigenvalue weighted by Crippen LogP contribution is 2.40. The summed E-state index contributed by atoms with van der Waals surface area (Å²) in [4.78, 5) is 11.0.